The largest absolute Gasteiger partial charge is 0.522 e. The average molecular weight is 457 g/mol. The fraction of sp³-hybridized carbons (Fsp3) is 0.619. The zero-order valence-corrected chi connectivity index (χ0v) is 17.5. The third-order valence-electron chi connectivity index (χ3n) is 5.61. The Morgan fingerprint density at radius 1 is 1.16 bits per heavy atom. The van der Waals surface area contributed by atoms with Crippen LogP contribution in [0.25, 0.3) is 0 Å². The molecule has 2 heterocycles. The minimum atomic E-state index is -4.63. The number of alkyl halides is 3. The summed E-state index contributed by atoms with van der Waals surface area (Å²) in [6, 6.07) is 7.52. The van der Waals surface area contributed by atoms with Crippen LogP contribution in [0.1, 0.15) is 55.1 Å². The smallest absolute Gasteiger partial charge is 0.489 e. The van der Waals surface area contributed by atoms with E-state index in [1.54, 1.807) is 0 Å². The second-order valence-corrected chi connectivity index (χ2v) is 8.24. The predicted octanol–water partition coefficient (Wildman–Crippen LogP) is 3.37. The monoisotopic (exact) mass is 457 g/mol. The quantitative estimate of drug-likeness (QED) is 0.583. The molecule has 4 rings (SSSR count). The van der Waals surface area contributed by atoms with Crippen molar-refractivity contribution in [3.8, 4) is 5.75 Å². The van der Waals surface area contributed by atoms with Crippen molar-refractivity contribution < 1.29 is 36.9 Å². The molecule has 0 bridgehead atoms. The van der Waals surface area contributed by atoms with Gasteiger partial charge in [0.05, 0.1) is 12.7 Å². The Morgan fingerprint density at radius 3 is 2.53 bits per heavy atom. The molecule has 1 aromatic carbocycles. The highest BCUT2D eigenvalue weighted by molar-refractivity contribution is 5.26. The normalized spacial score (nSPS) is 27.0. The summed E-state index contributed by atoms with van der Waals surface area (Å²) in [7, 11) is 0. The maximum Gasteiger partial charge on any atom is 0.522 e. The number of nitrogens with one attached hydrogen (secondary N) is 1. The van der Waals surface area contributed by atoms with Gasteiger partial charge in [-0.25, -0.2) is 0 Å². The number of halogens is 3. The van der Waals surface area contributed by atoms with Gasteiger partial charge in [-0.05, 0) is 44.7 Å². The van der Waals surface area contributed by atoms with Crippen molar-refractivity contribution in [1.29, 1.82) is 0 Å². The summed E-state index contributed by atoms with van der Waals surface area (Å²) in [5.41, 5.74) is 1.13. The Kier molecular flexibility index (Phi) is 6.99. The molecule has 0 amide bonds. The maximum atomic E-state index is 12.2. The molecule has 2 N–H and O–H groups in total. The number of aliphatic hydroxyl groups is 1. The van der Waals surface area contributed by atoms with Crippen molar-refractivity contribution in [2.24, 2.45) is 0 Å². The zero-order valence-electron chi connectivity index (χ0n) is 17.5. The summed E-state index contributed by atoms with van der Waals surface area (Å²) < 4.78 is 57.7. The highest BCUT2D eigenvalue weighted by atomic mass is 19.4. The van der Waals surface area contributed by atoms with Crippen molar-refractivity contribution in [2.75, 3.05) is 13.2 Å². The molecule has 2 aliphatic rings. The van der Waals surface area contributed by atoms with Gasteiger partial charge in [-0.2, -0.15) is 0 Å². The fourth-order valence-electron chi connectivity index (χ4n) is 3.80. The number of rotatable bonds is 8. The Hall–Kier alpha value is -2.21. The molecule has 176 valence electrons. The summed E-state index contributed by atoms with van der Waals surface area (Å²) in [5.74, 6) is 1.09. The van der Waals surface area contributed by atoms with Crippen LogP contribution in [0.5, 0.6) is 5.75 Å². The number of aliphatic hydroxyl groups excluding tert-OH is 1. The first-order chi connectivity index (χ1) is 15.2. The minimum Gasteiger partial charge on any atom is -0.489 e. The predicted molar refractivity (Wildman–Crippen MR) is 105 cm³/mol. The number of aryl methyl sites for hydroxylation is 1. The van der Waals surface area contributed by atoms with Gasteiger partial charge in [-0.15, -0.1) is 23.4 Å². The summed E-state index contributed by atoms with van der Waals surface area (Å²) in [6.45, 7) is 2.44. The van der Waals surface area contributed by atoms with E-state index in [9.17, 15) is 18.3 Å². The fourth-order valence-corrected chi connectivity index (χ4v) is 3.80. The number of hydrogen-bond acceptors (Lipinski definition) is 8. The van der Waals surface area contributed by atoms with E-state index in [1.807, 2.05) is 31.2 Å². The third kappa shape index (κ3) is 6.18. The molecular weight excluding hydrogens is 431 g/mol. The number of benzene rings is 1. The van der Waals surface area contributed by atoms with E-state index < -0.39 is 18.7 Å². The molecule has 1 aliphatic heterocycles. The van der Waals surface area contributed by atoms with Crippen LogP contribution >= 0.6 is 0 Å². The third-order valence-corrected chi connectivity index (χ3v) is 5.61. The molecule has 32 heavy (non-hydrogen) atoms. The maximum absolute atomic E-state index is 12.2. The van der Waals surface area contributed by atoms with Gasteiger partial charge < -0.3 is 19.0 Å². The average Bonchev–Trinajstić information content (AvgIpc) is 3.19. The van der Waals surface area contributed by atoms with Gasteiger partial charge in [0, 0.05) is 12.0 Å². The lowest BCUT2D eigenvalue weighted by Gasteiger charge is -2.33. The van der Waals surface area contributed by atoms with E-state index in [2.05, 4.69) is 20.3 Å². The van der Waals surface area contributed by atoms with Crippen LogP contribution in [0.3, 0.4) is 0 Å². The lowest BCUT2D eigenvalue weighted by Crippen LogP contribution is -2.46. The van der Waals surface area contributed by atoms with Crippen LogP contribution in [0.15, 0.2) is 28.7 Å². The number of aromatic nitrogens is 2. The van der Waals surface area contributed by atoms with Crippen molar-refractivity contribution in [3.05, 3.63) is 41.6 Å². The van der Waals surface area contributed by atoms with Gasteiger partial charge >= 0.3 is 6.36 Å². The Morgan fingerprint density at radius 2 is 1.88 bits per heavy atom. The van der Waals surface area contributed by atoms with Gasteiger partial charge in [0.2, 0.25) is 11.8 Å². The number of hydrogen-bond donors (Lipinski definition) is 2. The van der Waals surface area contributed by atoms with Crippen LogP contribution in [-0.2, 0) is 9.47 Å². The molecule has 0 spiro atoms. The van der Waals surface area contributed by atoms with E-state index in [0.717, 1.165) is 12.0 Å². The second kappa shape index (κ2) is 9.74. The molecule has 1 saturated carbocycles. The first kappa shape index (κ1) is 23.0. The molecular formula is C21H26F3N3O5. The summed E-state index contributed by atoms with van der Waals surface area (Å²) >= 11 is 0. The van der Waals surface area contributed by atoms with E-state index in [4.69, 9.17) is 13.9 Å². The molecule has 1 aliphatic carbocycles. The topological polar surface area (TPSA) is 98.9 Å². The van der Waals surface area contributed by atoms with Gasteiger partial charge in [0.25, 0.3) is 0 Å². The molecule has 3 atom stereocenters. The molecule has 2 fully saturated rings. The van der Waals surface area contributed by atoms with Crippen LogP contribution in [0, 0.1) is 6.92 Å². The molecule has 0 radical (unpaired) electrons. The van der Waals surface area contributed by atoms with Crippen molar-refractivity contribution in [2.45, 2.75) is 69.4 Å². The first-order valence-corrected chi connectivity index (χ1v) is 10.6. The SMILES string of the molecule is Cc1ccc(OC[C@@H](O)N[C@@H]2CC[C@@H](c3nnc(C4CC(OC(F)(F)F)C4)o3)OC2)cc1. The van der Waals surface area contributed by atoms with Crippen LogP contribution < -0.4 is 10.1 Å². The number of nitrogens with zero attached hydrogens (tertiary/aromatic N) is 2. The molecule has 0 unspecified atom stereocenters. The lowest BCUT2D eigenvalue weighted by atomic mass is 9.82. The van der Waals surface area contributed by atoms with Crippen LogP contribution in [0.4, 0.5) is 13.2 Å². The van der Waals surface area contributed by atoms with Gasteiger partial charge in [0.15, 0.2) is 0 Å². The van der Waals surface area contributed by atoms with Crippen LogP contribution in [0.2, 0.25) is 0 Å². The van der Waals surface area contributed by atoms with Crippen LogP contribution in [-0.4, -0.2) is 53.3 Å². The van der Waals surface area contributed by atoms with Crippen molar-refractivity contribution >= 4 is 0 Å². The van der Waals surface area contributed by atoms with Crippen molar-refractivity contribution in [1.82, 2.24) is 15.5 Å². The molecule has 8 nitrogen and oxygen atoms in total. The summed E-state index contributed by atoms with van der Waals surface area (Å²) in [6.07, 6.45) is -5.00. The van der Waals surface area contributed by atoms with Crippen molar-refractivity contribution in [3.63, 3.8) is 0 Å². The molecule has 11 heteroatoms. The lowest BCUT2D eigenvalue weighted by molar-refractivity contribution is -0.352. The zero-order chi connectivity index (χ0) is 22.7. The van der Waals surface area contributed by atoms with E-state index in [-0.39, 0.29) is 37.5 Å². The highest BCUT2D eigenvalue weighted by Crippen LogP contribution is 2.41. The molecule has 2 aromatic rings. The highest BCUT2D eigenvalue weighted by Gasteiger charge is 2.42. The van der Waals surface area contributed by atoms with E-state index >= 15 is 0 Å². The standard InChI is InChI=1S/C21H26F3N3O5/c1-12-2-5-15(6-3-12)29-11-18(28)25-14-4-7-17(30-10-14)20-27-26-19(31-20)13-8-16(9-13)32-21(22,23)24/h2-3,5-6,13-14,16-18,25,28H,4,7-11H2,1H3/t13?,14-,16?,17+,18-/m1/s1. The molecule has 1 saturated heterocycles. The Balaban J connectivity index is 1.17. The van der Waals surface area contributed by atoms with Gasteiger partial charge in [-0.1, -0.05) is 17.7 Å². The molecule has 1 aromatic heterocycles. The Bertz CT molecular complexity index is 862. The summed E-state index contributed by atoms with van der Waals surface area (Å²) in [5, 5.41) is 21.2. The van der Waals surface area contributed by atoms with E-state index in [1.165, 1.54) is 0 Å². The van der Waals surface area contributed by atoms with E-state index in [0.29, 0.717) is 30.6 Å². The van der Waals surface area contributed by atoms with Gasteiger partial charge in [-0.3, -0.25) is 10.1 Å². The van der Waals surface area contributed by atoms with Gasteiger partial charge in [0.1, 0.15) is 24.7 Å². The first-order valence-electron chi connectivity index (χ1n) is 10.6. The Labute approximate surface area is 183 Å². The minimum absolute atomic E-state index is 0.0582. The summed E-state index contributed by atoms with van der Waals surface area (Å²) in [4.78, 5) is 0. The number of ether oxygens (including phenoxy) is 3. The second-order valence-electron chi connectivity index (χ2n) is 8.24.